The first kappa shape index (κ1) is 12.8. The number of urea groups is 1. The highest BCUT2D eigenvalue weighted by Gasteiger charge is 2.36. The summed E-state index contributed by atoms with van der Waals surface area (Å²) in [6, 6.07) is 4.05. The summed E-state index contributed by atoms with van der Waals surface area (Å²) >= 11 is 0. The number of nitrogens with zero attached hydrogens (tertiary/aromatic N) is 1. The molecule has 0 aliphatic carbocycles. The summed E-state index contributed by atoms with van der Waals surface area (Å²) in [6.45, 7) is 6.44. The van der Waals surface area contributed by atoms with Crippen molar-refractivity contribution in [3.63, 3.8) is 0 Å². The molecule has 18 heavy (non-hydrogen) atoms. The lowest BCUT2D eigenvalue weighted by atomic mass is 10.1. The summed E-state index contributed by atoms with van der Waals surface area (Å²) in [5.74, 6) is -0.368. The van der Waals surface area contributed by atoms with E-state index >= 15 is 0 Å². The van der Waals surface area contributed by atoms with Gasteiger partial charge in [0, 0.05) is 5.69 Å². The molecule has 0 radical (unpaired) electrons. The fourth-order valence-corrected chi connectivity index (χ4v) is 1.88. The molecule has 0 atom stereocenters. The number of benzene rings is 1. The Hall–Kier alpha value is -1.62. The van der Waals surface area contributed by atoms with E-state index in [0.717, 1.165) is 5.56 Å². The van der Waals surface area contributed by atoms with Gasteiger partial charge >= 0.3 is 6.03 Å². The highest BCUT2D eigenvalue weighted by Crippen LogP contribution is 2.23. The zero-order valence-electron chi connectivity index (χ0n) is 10.8. The SMILES string of the molecule is Cc1ccc(F)cc1NC(=O)N1COCC1(C)C. The molecular formula is C13H17FN2O2. The van der Waals surface area contributed by atoms with Gasteiger partial charge in [-0.3, -0.25) is 4.90 Å². The van der Waals surface area contributed by atoms with Gasteiger partial charge in [-0.1, -0.05) is 6.07 Å². The number of carbonyl (C=O) groups is 1. The summed E-state index contributed by atoms with van der Waals surface area (Å²) in [7, 11) is 0. The van der Waals surface area contributed by atoms with Crippen molar-refractivity contribution >= 4 is 11.7 Å². The van der Waals surface area contributed by atoms with Crippen molar-refractivity contribution in [2.75, 3.05) is 18.7 Å². The van der Waals surface area contributed by atoms with Gasteiger partial charge in [-0.2, -0.15) is 0 Å². The van der Waals surface area contributed by atoms with Crippen LogP contribution in [0.25, 0.3) is 0 Å². The average Bonchev–Trinajstić information content (AvgIpc) is 2.63. The second-order valence-electron chi connectivity index (χ2n) is 5.11. The first-order valence-electron chi connectivity index (χ1n) is 5.83. The number of nitrogens with one attached hydrogen (secondary N) is 1. The largest absolute Gasteiger partial charge is 0.359 e. The minimum atomic E-state index is -0.368. The molecule has 4 nitrogen and oxygen atoms in total. The van der Waals surface area contributed by atoms with Crippen LogP contribution in [0.3, 0.4) is 0 Å². The molecule has 1 heterocycles. The van der Waals surface area contributed by atoms with Gasteiger partial charge < -0.3 is 10.1 Å². The second kappa shape index (κ2) is 4.57. The van der Waals surface area contributed by atoms with E-state index in [1.165, 1.54) is 12.1 Å². The van der Waals surface area contributed by atoms with Crippen LogP contribution < -0.4 is 5.32 Å². The van der Waals surface area contributed by atoms with E-state index in [1.807, 2.05) is 20.8 Å². The Morgan fingerprint density at radius 1 is 1.50 bits per heavy atom. The van der Waals surface area contributed by atoms with E-state index in [4.69, 9.17) is 4.74 Å². The van der Waals surface area contributed by atoms with Gasteiger partial charge in [-0.15, -0.1) is 0 Å². The number of halogens is 1. The van der Waals surface area contributed by atoms with Gasteiger partial charge in [-0.05, 0) is 38.5 Å². The van der Waals surface area contributed by atoms with Crippen LogP contribution in [0.4, 0.5) is 14.9 Å². The van der Waals surface area contributed by atoms with Crippen molar-refractivity contribution < 1.29 is 13.9 Å². The molecule has 1 aromatic rings. The number of ether oxygens (including phenoxy) is 1. The van der Waals surface area contributed by atoms with E-state index in [9.17, 15) is 9.18 Å². The quantitative estimate of drug-likeness (QED) is 0.835. The van der Waals surface area contributed by atoms with E-state index in [2.05, 4.69) is 5.32 Å². The fraction of sp³-hybridized carbons (Fsp3) is 0.462. The summed E-state index contributed by atoms with van der Waals surface area (Å²) < 4.78 is 18.4. The van der Waals surface area contributed by atoms with Crippen molar-refractivity contribution in [3.8, 4) is 0 Å². The molecule has 1 aliphatic rings. The topological polar surface area (TPSA) is 41.6 Å². The molecular weight excluding hydrogens is 235 g/mol. The maximum atomic E-state index is 13.1. The number of aryl methyl sites for hydroxylation is 1. The first-order chi connectivity index (χ1) is 8.40. The van der Waals surface area contributed by atoms with Crippen LogP contribution >= 0.6 is 0 Å². The van der Waals surface area contributed by atoms with E-state index in [1.54, 1.807) is 11.0 Å². The molecule has 98 valence electrons. The Morgan fingerprint density at radius 3 is 2.83 bits per heavy atom. The summed E-state index contributed by atoms with van der Waals surface area (Å²) in [6.07, 6.45) is 0. The van der Waals surface area contributed by atoms with Crippen LogP contribution in [0.2, 0.25) is 0 Å². The van der Waals surface area contributed by atoms with Crippen LogP contribution in [0.15, 0.2) is 18.2 Å². The van der Waals surface area contributed by atoms with Crippen LogP contribution in [0.1, 0.15) is 19.4 Å². The predicted octanol–water partition coefficient (Wildman–Crippen LogP) is 2.73. The first-order valence-corrected chi connectivity index (χ1v) is 5.83. The summed E-state index contributed by atoms with van der Waals surface area (Å²) in [5.41, 5.74) is 0.969. The predicted molar refractivity (Wildman–Crippen MR) is 66.9 cm³/mol. The lowest BCUT2D eigenvalue weighted by Crippen LogP contribution is -2.46. The molecule has 0 bridgehead atoms. The maximum Gasteiger partial charge on any atom is 0.324 e. The molecule has 0 spiro atoms. The fourth-order valence-electron chi connectivity index (χ4n) is 1.88. The number of amides is 2. The molecule has 1 fully saturated rings. The molecule has 5 heteroatoms. The average molecular weight is 252 g/mol. The smallest absolute Gasteiger partial charge is 0.324 e. The Balaban J connectivity index is 2.14. The molecule has 2 rings (SSSR count). The third kappa shape index (κ3) is 2.46. The standard InChI is InChI=1S/C13H17FN2O2/c1-9-4-5-10(14)6-11(9)15-12(17)16-8-18-7-13(16,2)3/h4-6H,7-8H2,1-3H3,(H,15,17). The maximum absolute atomic E-state index is 13.1. The van der Waals surface area contributed by atoms with Crippen molar-refractivity contribution in [2.45, 2.75) is 26.3 Å². The highest BCUT2D eigenvalue weighted by atomic mass is 19.1. The second-order valence-corrected chi connectivity index (χ2v) is 5.11. The Labute approximate surface area is 106 Å². The van der Waals surface area contributed by atoms with Crippen molar-refractivity contribution in [3.05, 3.63) is 29.6 Å². The minimum Gasteiger partial charge on any atom is -0.359 e. The Morgan fingerprint density at radius 2 is 2.22 bits per heavy atom. The third-order valence-electron chi connectivity index (χ3n) is 3.09. The van der Waals surface area contributed by atoms with E-state index < -0.39 is 0 Å². The van der Waals surface area contributed by atoms with Crippen LogP contribution in [-0.4, -0.2) is 29.8 Å². The zero-order valence-corrected chi connectivity index (χ0v) is 10.8. The number of anilines is 1. The number of rotatable bonds is 1. The molecule has 1 N–H and O–H groups in total. The van der Waals surface area contributed by atoms with Gasteiger partial charge in [0.05, 0.1) is 12.1 Å². The monoisotopic (exact) mass is 252 g/mol. The number of carbonyl (C=O) groups excluding carboxylic acids is 1. The molecule has 1 saturated heterocycles. The molecule has 1 aromatic carbocycles. The molecule has 0 unspecified atom stereocenters. The molecule has 1 aliphatic heterocycles. The molecule has 0 aromatic heterocycles. The summed E-state index contributed by atoms with van der Waals surface area (Å²) in [5, 5.41) is 2.72. The van der Waals surface area contributed by atoms with Gasteiger partial charge in [0.2, 0.25) is 0 Å². The molecule has 0 saturated carbocycles. The van der Waals surface area contributed by atoms with E-state index in [-0.39, 0.29) is 24.1 Å². The highest BCUT2D eigenvalue weighted by molar-refractivity contribution is 5.90. The minimum absolute atomic E-state index is 0.257. The van der Waals surface area contributed by atoms with Crippen molar-refractivity contribution in [1.29, 1.82) is 0 Å². The lowest BCUT2D eigenvalue weighted by Gasteiger charge is -2.29. The Kier molecular flexibility index (Phi) is 3.26. The van der Waals surface area contributed by atoms with Crippen LogP contribution in [0, 0.1) is 12.7 Å². The van der Waals surface area contributed by atoms with Gasteiger partial charge in [0.1, 0.15) is 12.5 Å². The van der Waals surface area contributed by atoms with Crippen LogP contribution in [-0.2, 0) is 4.74 Å². The van der Waals surface area contributed by atoms with Crippen molar-refractivity contribution in [1.82, 2.24) is 4.90 Å². The zero-order chi connectivity index (χ0) is 13.3. The van der Waals surface area contributed by atoms with Gasteiger partial charge in [0.15, 0.2) is 0 Å². The Bertz CT molecular complexity index is 474. The summed E-state index contributed by atoms with van der Waals surface area (Å²) in [4.78, 5) is 13.7. The van der Waals surface area contributed by atoms with Crippen molar-refractivity contribution in [2.24, 2.45) is 0 Å². The number of hydrogen-bond acceptors (Lipinski definition) is 2. The molecule has 2 amide bonds. The number of hydrogen-bond donors (Lipinski definition) is 1. The van der Waals surface area contributed by atoms with Crippen LogP contribution in [0.5, 0.6) is 0 Å². The van der Waals surface area contributed by atoms with Gasteiger partial charge in [0.25, 0.3) is 0 Å². The lowest BCUT2D eigenvalue weighted by molar-refractivity contribution is 0.147. The van der Waals surface area contributed by atoms with E-state index in [0.29, 0.717) is 12.3 Å². The normalized spacial score (nSPS) is 17.9. The third-order valence-corrected chi connectivity index (χ3v) is 3.09. The van der Waals surface area contributed by atoms with Gasteiger partial charge in [-0.25, -0.2) is 9.18 Å².